The van der Waals surface area contributed by atoms with Gasteiger partial charge in [0.05, 0.1) is 13.0 Å². The summed E-state index contributed by atoms with van der Waals surface area (Å²) in [6.45, 7) is 2.36. The van der Waals surface area contributed by atoms with Crippen molar-refractivity contribution in [3.05, 3.63) is 48.0 Å². The SMILES string of the molecule is CCCCOC(=O)CNC(=O)Cc1cccc2ccccc12. The van der Waals surface area contributed by atoms with Crippen molar-refractivity contribution in [2.75, 3.05) is 13.2 Å². The van der Waals surface area contributed by atoms with Gasteiger partial charge in [-0.2, -0.15) is 0 Å². The number of unbranched alkanes of at least 4 members (excludes halogenated alkanes) is 1. The fourth-order valence-corrected chi connectivity index (χ4v) is 2.23. The fourth-order valence-electron chi connectivity index (χ4n) is 2.23. The van der Waals surface area contributed by atoms with E-state index in [1.54, 1.807) is 0 Å². The van der Waals surface area contributed by atoms with Gasteiger partial charge < -0.3 is 10.1 Å². The normalized spacial score (nSPS) is 10.4. The predicted octanol–water partition coefficient (Wildman–Crippen LogP) is 2.84. The number of amides is 1. The summed E-state index contributed by atoms with van der Waals surface area (Å²) in [6, 6.07) is 13.8. The number of carbonyl (C=O) groups excluding carboxylic acids is 2. The van der Waals surface area contributed by atoms with Gasteiger partial charge in [-0.15, -0.1) is 0 Å². The van der Waals surface area contributed by atoms with Crippen molar-refractivity contribution in [3.63, 3.8) is 0 Å². The maximum absolute atomic E-state index is 12.0. The van der Waals surface area contributed by atoms with Crippen LogP contribution in [-0.4, -0.2) is 25.0 Å². The Labute approximate surface area is 130 Å². The summed E-state index contributed by atoms with van der Waals surface area (Å²) in [4.78, 5) is 23.4. The number of rotatable bonds is 7. The second kappa shape index (κ2) is 8.17. The predicted molar refractivity (Wildman–Crippen MR) is 86.5 cm³/mol. The third-order valence-electron chi connectivity index (χ3n) is 3.42. The molecule has 0 radical (unpaired) electrons. The van der Waals surface area contributed by atoms with Crippen LogP contribution in [0, 0.1) is 0 Å². The Bertz CT molecular complexity index is 646. The molecule has 2 rings (SSSR count). The molecule has 0 aliphatic rings. The van der Waals surface area contributed by atoms with Gasteiger partial charge in [0.1, 0.15) is 6.54 Å². The average Bonchev–Trinajstić information content (AvgIpc) is 2.54. The quantitative estimate of drug-likeness (QED) is 0.632. The van der Waals surface area contributed by atoms with Crippen LogP contribution in [0.2, 0.25) is 0 Å². The minimum atomic E-state index is -0.389. The summed E-state index contributed by atoms with van der Waals surface area (Å²) >= 11 is 0. The van der Waals surface area contributed by atoms with Crippen LogP contribution in [0.4, 0.5) is 0 Å². The first-order valence-corrected chi connectivity index (χ1v) is 7.59. The van der Waals surface area contributed by atoms with Crippen LogP contribution in [0.5, 0.6) is 0 Å². The lowest BCUT2D eigenvalue weighted by atomic mass is 10.0. The maximum Gasteiger partial charge on any atom is 0.325 e. The minimum Gasteiger partial charge on any atom is -0.464 e. The van der Waals surface area contributed by atoms with Gasteiger partial charge in [-0.3, -0.25) is 9.59 Å². The van der Waals surface area contributed by atoms with Crippen LogP contribution in [-0.2, 0) is 20.7 Å². The number of nitrogens with one attached hydrogen (secondary N) is 1. The molecule has 4 heteroatoms. The number of ether oxygens (including phenoxy) is 1. The van der Waals surface area contributed by atoms with E-state index in [2.05, 4.69) is 5.32 Å². The van der Waals surface area contributed by atoms with Crippen molar-refractivity contribution in [1.82, 2.24) is 5.32 Å². The number of esters is 1. The molecule has 0 aromatic heterocycles. The second-order valence-corrected chi connectivity index (χ2v) is 5.17. The molecular formula is C18H21NO3. The Morgan fingerprint density at radius 1 is 1.09 bits per heavy atom. The molecule has 0 aliphatic carbocycles. The number of hydrogen-bond donors (Lipinski definition) is 1. The standard InChI is InChI=1S/C18H21NO3/c1-2-3-11-22-18(21)13-19-17(20)12-15-9-6-8-14-7-4-5-10-16(14)15/h4-10H,2-3,11-13H2,1H3,(H,19,20). The Morgan fingerprint density at radius 2 is 1.86 bits per heavy atom. The van der Waals surface area contributed by atoms with E-state index < -0.39 is 0 Å². The molecule has 1 N–H and O–H groups in total. The Morgan fingerprint density at radius 3 is 2.68 bits per heavy atom. The van der Waals surface area contributed by atoms with E-state index in [0.717, 1.165) is 29.2 Å². The van der Waals surface area contributed by atoms with E-state index >= 15 is 0 Å². The molecule has 116 valence electrons. The molecule has 2 aromatic rings. The number of carbonyl (C=O) groups is 2. The second-order valence-electron chi connectivity index (χ2n) is 5.17. The van der Waals surface area contributed by atoms with Gasteiger partial charge >= 0.3 is 5.97 Å². The van der Waals surface area contributed by atoms with Crippen molar-refractivity contribution in [3.8, 4) is 0 Å². The lowest BCUT2D eigenvalue weighted by molar-refractivity contribution is -0.144. The summed E-state index contributed by atoms with van der Waals surface area (Å²) in [5.41, 5.74) is 0.954. The van der Waals surface area contributed by atoms with E-state index in [9.17, 15) is 9.59 Å². The molecule has 0 fully saturated rings. The van der Waals surface area contributed by atoms with Gasteiger partial charge in [0.2, 0.25) is 5.91 Å². The molecule has 0 heterocycles. The third-order valence-corrected chi connectivity index (χ3v) is 3.42. The molecule has 22 heavy (non-hydrogen) atoms. The Balaban J connectivity index is 1.87. The molecule has 0 bridgehead atoms. The summed E-state index contributed by atoms with van der Waals surface area (Å²) in [7, 11) is 0. The van der Waals surface area contributed by atoms with Crippen LogP contribution in [0.25, 0.3) is 10.8 Å². The molecule has 0 atom stereocenters. The van der Waals surface area contributed by atoms with Crippen LogP contribution >= 0.6 is 0 Å². The van der Waals surface area contributed by atoms with E-state index in [1.165, 1.54) is 0 Å². The molecule has 1 amide bonds. The minimum absolute atomic E-state index is 0.0761. The van der Waals surface area contributed by atoms with Crippen molar-refractivity contribution in [2.45, 2.75) is 26.2 Å². The van der Waals surface area contributed by atoms with E-state index in [-0.39, 0.29) is 24.8 Å². The van der Waals surface area contributed by atoms with Gasteiger partial charge in [0, 0.05) is 0 Å². The number of fused-ring (bicyclic) bond motifs is 1. The average molecular weight is 299 g/mol. The molecule has 0 spiro atoms. The van der Waals surface area contributed by atoms with Gasteiger partial charge in [0.15, 0.2) is 0 Å². The Hall–Kier alpha value is -2.36. The lowest BCUT2D eigenvalue weighted by Gasteiger charge is -2.08. The van der Waals surface area contributed by atoms with Crippen molar-refractivity contribution >= 4 is 22.6 Å². The third kappa shape index (κ3) is 4.58. The van der Waals surface area contributed by atoms with Crippen LogP contribution < -0.4 is 5.32 Å². The van der Waals surface area contributed by atoms with E-state index in [1.807, 2.05) is 49.4 Å². The summed E-state index contributed by atoms with van der Waals surface area (Å²) in [5.74, 6) is -0.566. The summed E-state index contributed by atoms with van der Waals surface area (Å²) in [5, 5.41) is 4.77. The summed E-state index contributed by atoms with van der Waals surface area (Å²) < 4.78 is 5.00. The first-order chi connectivity index (χ1) is 10.7. The summed E-state index contributed by atoms with van der Waals surface area (Å²) in [6.07, 6.45) is 2.07. The monoisotopic (exact) mass is 299 g/mol. The van der Waals surface area contributed by atoms with E-state index in [0.29, 0.717) is 6.61 Å². The molecule has 0 unspecified atom stereocenters. The maximum atomic E-state index is 12.0. The molecule has 2 aromatic carbocycles. The number of hydrogen-bond acceptors (Lipinski definition) is 3. The van der Waals surface area contributed by atoms with Crippen LogP contribution in [0.15, 0.2) is 42.5 Å². The highest BCUT2D eigenvalue weighted by atomic mass is 16.5. The Kier molecular flexibility index (Phi) is 5.95. The van der Waals surface area contributed by atoms with Crippen molar-refractivity contribution < 1.29 is 14.3 Å². The smallest absolute Gasteiger partial charge is 0.325 e. The zero-order valence-corrected chi connectivity index (χ0v) is 12.8. The molecule has 0 saturated heterocycles. The van der Waals surface area contributed by atoms with Crippen LogP contribution in [0.3, 0.4) is 0 Å². The van der Waals surface area contributed by atoms with Gasteiger partial charge in [-0.05, 0) is 22.8 Å². The zero-order valence-electron chi connectivity index (χ0n) is 12.8. The van der Waals surface area contributed by atoms with Crippen molar-refractivity contribution in [2.24, 2.45) is 0 Å². The van der Waals surface area contributed by atoms with Gasteiger partial charge in [0.25, 0.3) is 0 Å². The topological polar surface area (TPSA) is 55.4 Å². The first-order valence-electron chi connectivity index (χ1n) is 7.59. The molecule has 4 nitrogen and oxygen atoms in total. The largest absolute Gasteiger partial charge is 0.464 e. The van der Waals surface area contributed by atoms with Crippen molar-refractivity contribution in [1.29, 1.82) is 0 Å². The molecular weight excluding hydrogens is 278 g/mol. The number of benzene rings is 2. The zero-order chi connectivity index (χ0) is 15.8. The highest BCUT2D eigenvalue weighted by Crippen LogP contribution is 2.18. The van der Waals surface area contributed by atoms with Gasteiger partial charge in [-0.1, -0.05) is 55.8 Å². The van der Waals surface area contributed by atoms with E-state index in [4.69, 9.17) is 4.74 Å². The molecule has 0 saturated carbocycles. The fraction of sp³-hybridized carbons (Fsp3) is 0.333. The highest BCUT2D eigenvalue weighted by molar-refractivity contribution is 5.91. The highest BCUT2D eigenvalue weighted by Gasteiger charge is 2.09. The molecule has 0 aliphatic heterocycles. The van der Waals surface area contributed by atoms with Crippen LogP contribution in [0.1, 0.15) is 25.3 Å². The first kappa shape index (κ1) is 16.0. The van der Waals surface area contributed by atoms with Gasteiger partial charge in [-0.25, -0.2) is 0 Å². The lowest BCUT2D eigenvalue weighted by Crippen LogP contribution is -2.31.